The Bertz CT molecular complexity index is 378. The number of hydrogen-bond donors (Lipinski definition) is 1. The third-order valence-electron chi connectivity index (χ3n) is 2.85. The Kier molecular flexibility index (Phi) is 3.92. The average molecular weight is 258 g/mol. The number of hydrogen-bond acceptors (Lipinski definition) is 4. The molecule has 0 aromatic carbocycles. The lowest BCUT2D eigenvalue weighted by Gasteiger charge is -2.12. The number of nitrogens with zero attached hydrogens (tertiary/aromatic N) is 2. The molecule has 0 bridgehead atoms. The molecule has 0 radical (unpaired) electrons. The van der Waals surface area contributed by atoms with Gasteiger partial charge in [-0.15, -0.1) is 0 Å². The molecule has 3 nitrogen and oxygen atoms in total. The molecule has 1 saturated heterocycles. The van der Waals surface area contributed by atoms with Crippen molar-refractivity contribution in [2.45, 2.75) is 20.3 Å². The highest BCUT2D eigenvalue weighted by Crippen LogP contribution is 2.25. The molecule has 1 N–H and O–H groups in total. The summed E-state index contributed by atoms with van der Waals surface area (Å²) < 4.78 is 0. The van der Waals surface area contributed by atoms with Gasteiger partial charge in [0.15, 0.2) is 11.0 Å². The van der Waals surface area contributed by atoms with Crippen LogP contribution in [-0.4, -0.2) is 28.0 Å². The van der Waals surface area contributed by atoms with Crippen LogP contribution in [0.4, 0.5) is 5.82 Å². The second-order valence-electron chi connectivity index (χ2n) is 4.14. The van der Waals surface area contributed by atoms with Gasteiger partial charge in [0.25, 0.3) is 0 Å². The van der Waals surface area contributed by atoms with Gasteiger partial charge in [-0.2, -0.15) is 11.8 Å². The standard InChI is InChI=1S/C11H16ClN3S/c1-7-8(2)15-11(10(12)14-7)13-5-9-3-4-16-6-9/h9H,3-6H2,1-2H3,(H,13,15). The van der Waals surface area contributed by atoms with Crippen molar-refractivity contribution in [3.63, 3.8) is 0 Å². The molecular weight excluding hydrogens is 242 g/mol. The fourth-order valence-corrected chi connectivity index (χ4v) is 3.19. The van der Waals surface area contributed by atoms with Gasteiger partial charge in [-0.25, -0.2) is 9.97 Å². The van der Waals surface area contributed by atoms with Crippen LogP contribution in [0.3, 0.4) is 0 Å². The summed E-state index contributed by atoms with van der Waals surface area (Å²) in [5, 5.41) is 3.78. The predicted octanol–water partition coefficient (Wildman–Crippen LogP) is 2.91. The molecule has 2 rings (SSSR count). The van der Waals surface area contributed by atoms with Crippen molar-refractivity contribution in [3.8, 4) is 0 Å². The van der Waals surface area contributed by atoms with E-state index in [1.54, 1.807) is 0 Å². The largest absolute Gasteiger partial charge is 0.367 e. The minimum atomic E-state index is 0.480. The lowest BCUT2D eigenvalue weighted by Crippen LogP contribution is -2.15. The van der Waals surface area contributed by atoms with Crippen molar-refractivity contribution in [3.05, 3.63) is 16.5 Å². The SMILES string of the molecule is Cc1nc(Cl)c(NCC2CCSC2)nc1C. The summed E-state index contributed by atoms with van der Waals surface area (Å²) in [6, 6.07) is 0. The lowest BCUT2D eigenvalue weighted by molar-refractivity contribution is 0.630. The maximum Gasteiger partial charge on any atom is 0.171 e. The van der Waals surface area contributed by atoms with E-state index in [2.05, 4.69) is 15.3 Å². The zero-order valence-corrected chi connectivity index (χ0v) is 11.2. The second-order valence-corrected chi connectivity index (χ2v) is 5.65. The third-order valence-corrected chi connectivity index (χ3v) is 4.34. The maximum absolute atomic E-state index is 6.05. The fourth-order valence-electron chi connectivity index (χ4n) is 1.67. The van der Waals surface area contributed by atoms with Gasteiger partial charge in [-0.1, -0.05) is 11.6 Å². The molecule has 0 saturated carbocycles. The normalized spacial score (nSPS) is 20.1. The fraction of sp³-hybridized carbons (Fsp3) is 0.636. The van der Waals surface area contributed by atoms with Gasteiger partial charge in [0.1, 0.15) is 0 Å². The van der Waals surface area contributed by atoms with Gasteiger partial charge in [0.05, 0.1) is 11.4 Å². The zero-order chi connectivity index (χ0) is 11.5. The van der Waals surface area contributed by atoms with Crippen molar-refractivity contribution in [1.29, 1.82) is 0 Å². The van der Waals surface area contributed by atoms with E-state index in [1.165, 1.54) is 17.9 Å². The Labute approximate surface area is 105 Å². The van der Waals surface area contributed by atoms with Crippen LogP contribution in [-0.2, 0) is 0 Å². The second kappa shape index (κ2) is 5.23. The number of halogens is 1. The first-order valence-corrected chi connectivity index (χ1v) is 7.02. The van der Waals surface area contributed by atoms with Gasteiger partial charge in [0, 0.05) is 6.54 Å². The van der Waals surface area contributed by atoms with E-state index >= 15 is 0 Å². The number of anilines is 1. The third kappa shape index (κ3) is 2.80. The van der Waals surface area contributed by atoms with Crippen molar-refractivity contribution in [1.82, 2.24) is 9.97 Å². The summed E-state index contributed by atoms with van der Waals surface area (Å²) in [6.45, 7) is 4.82. The molecule has 16 heavy (non-hydrogen) atoms. The van der Waals surface area contributed by atoms with Crippen LogP contribution in [0.5, 0.6) is 0 Å². The predicted molar refractivity (Wildman–Crippen MR) is 70.4 cm³/mol. The Morgan fingerprint density at radius 2 is 2.12 bits per heavy atom. The van der Waals surface area contributed by atoms with Crippen LogP contribution in [0, 0.1) is 19.8 Å². The molecule has 1 aromatic rings. The van der Waals surface area contributed by atoms with Gasteiger partial charge >= 0.3 is 0 Å². The number of aryl methyl sites for hydroxylation is 2. The van der Waals surface area contributed by atoms with E-state index in [1.807, 2.05) is 25.6 Å². The zero-order valence-electron chi connectivity index (χ0n) is 9.59. The van der Waals surface area contributed by atoms with E-state index < -0.39 is 0 Å². The van der Waals surface area contributed by atoms with Crippen molar-refractivity contribution >= 4 is 29.2 Å². The van der Waals surface area contributed by atoms with Gasteiger partial charge < -0.3 is 5.32 Å². The highest BCUT2D eigenvalue weighted by molar-refractivity contribution is 7.99. The van der Waals surface area contributed by atoms with E-state index in [9.17, 15) is 0 Å². The molecule has 1 unspecified atom stereocenters. The molecular formula is C11H16ClN3S. The van der Waals surface area contributed by atoms with E-state index in [0.717, 1.165) is 29.7 Å². The Morgan fingerprint density at radius 3 is 2.81 bits per heavy atom. The first kappa shape index (κ1) is 12.0. The first-order chi connectivity index (χ1) is 7.66. The van der Waals surface area contributed by atoms with E-state index in [-0.39, 0.29) is 0 Å². The molecule has 1 aromatic heterocycles. The molecule has 88 valence electrons. The minimum absolute atomic E-state index is 0.480. The maximum atomic E-state index is 6.05. The summed E-state index contributed by atoms with van der Waals surface area (Å²) in [7, 11) is 0. The van der Waals surface area contributed by atoms with Gasteiger partial charge in [-0.05, 0) is 37.7 Å². The summed E-state index contributed by atoms with van der Waals surface area (Å²) in [6.07, 6.45) is 1.29. The Balaban J connectivity index is 2.00. The Hall–Kier alpha value is -0.480. The molecule has 0 amide bonds. The minimum Gasteiger partial charge on any atom is -0.367 e. The number of rotatable bonds is 3. The van der Waals surface area contributed by atoms with Crippen LogP contribution in [0.25, 0.3) is 0 Å². The molecule has 2 heterocycles. The first-order valence-electron chi connectivity index (χ1n) is 5.49. The van der Waals surface area contributed by atoms with Crippen LogP contribution in [0.2, 0.25) is 5.15 Å². The van der Waals surface area contributed by atoms with Gasteiger partial charge in [0.2, 0.25) is 0 Å². The number of thioether (sulfide) groups is 1. The van der Waals surface area contributed by atoms with Crippen LogP contribution < -0.4 is 5.32 Å². The average Bonchev–Trinajstić information content (AvgIpc) is 2.74. The summed E-state index contributed by atoms with van der Waals surface area (Å²) in [5.74, 6) is 3.98. The highest BCUT2D eigenvalue weighted by Gasteiger charge is 2.16. The molecule has 0 aliphatic carbocycles. The monoisotopic (exact) mass is 257 g/mol. The topological polar surface area (TPSA) is 37.8 Å². The van der Waals surface area contributed by atoms with Gasteiger partial charge in [-0.3, -0.25) is 0 Å². The number of aromatic nitrogens is 2. The van der Waals surface area contributed by atoms with Crippen molar-refractivity contribution in [2.24, 2.45) is 5.92 Å². The van der Waals surface area contributed by atoms with E-state index in [4.69, 9.17) is 11.6 Å². The molecule has 1 atom stereocenters. The summed E-state index contributed by atoms with van der Waals surface area (Å²) in [5.41, 5.74) is 1.83. The quantitative estimate of drug-likeness (QED) is 0.904. The van der Waals surface area contributed by atoms with Crippen LogP contribution in [0.1, 0.15) is 17.8 Å². The van der Waals surface area contributed by atoms with Crippen molar-refractivity contribution in [2.75, 3.05) is 23.4 Å². The molecule has 1 aliphatic heterocycles. The van der Waals surface area contributed by atoms with Crippen molar-refractivity contribution < 1.29 is 0 Å². The van der Waals surface area contributed by atoms with E-state index in [0.29, 0.717) is 5.15 Å². The van der Waals surface area contributed by atoms with Crippen LogP contribution >= 0.6 is 23.4 Å². The molecule has 5 heteroatoms. The molecule has 1 aliphatic rings. The Morgan fingerprint density at radius 1 is 1.38 bits per heavy atom. The lowest BCUT2D eigenvalue weighted by atomic mass is 10.1. The van der Waals surface area contributed by atoms with Crippen LogP contribution in [0.15, 0.2) is 0 Å². The number of nitrogens with one attached hydrogen (secondary N) is 1. The molecule has 0 spiro atoms. The summed E-state index contributed by atoms with van der Waals surface area (Å²) >= 11 is 8.06. The summed E-state index contributed by atoms with van der Waals surface area (Å²) in [4.78, 5) is 8.67. The molecule has 1 fully saturated rings. The highest BCUT2D eigenvalue weighted by atomic mass is 35.5. The smallest absolute Gasteiger partial charge is 0.171 e.